The van der Waals surface area contributed by atoms with Crippen LogP contribution in [0.5, 0.6) is 5.75 Å². The van der Waals surface area contributed by atoms with Crippen molar-refractivity contribution in [3.05, 3.63) is 29.8 Å². The number of primary amides is 2. The molecule has 1 aromatic rings. The lowest BCUT2D eigenvalue weighted by Gasteiger charge is -2.24. The summed E-state index contributed by atoms with van der Waals surface area (Å²) in [6.07, 6.45) is -1.46. The zero-order valence-electron chi connectivity index (χ0n) is 17.4. The van der Waals surface area contributed by atoms with Crippen molar-refractivity contribution in [3.63, 3.8) is 0 Å². The van der Waals surface area contributed by atoms with Crippen molar-refractivity contribution in [2.24, 2.45) is 17.2 Å². The van der Waals surface area contributed by atoms with Crippen molar-refractivity contribution in [1.82, 2.24) is 16.0 Å². The van der Waals surface area contributed by atoms with Gasteiger partial charge < -0.3 is 43.4 Å². The molecule has 11 N–H and O–H groups in total. The zero-order valence-corrected chi connectivity index (χ0v) is 17.4. The number of nitrogens with two attached hydrogens (primary N) is 3. The van der Waals surface area contributed by atoms with Gasteiger partial charge >= 0.3 is 5.97 Å². The summed E-state index contributed by atoms with van der Waals surface area (Å²) in [4.78, 5) is 70.8. The quantitative estimate of drug-likeness (QED) is 0.141. The van der Waals surface area contributed by atoms with Crippen molar-refractivity contribution in [3.8, 4) is 5.75 Å². The average Bonchev–Trinajstić information content (AvgIpc) is 2.72. The number of phenols is 1. The van der Waals surface area contributed by atoms with Gasteiger partial charge in [-0.25, -0.2) is 4.79 Å². The number of carboxylic acids is 1. The fourth-order valence-corrected chi connectivity index (χ4v) is 2.69. The summed E-state index contributed by atoms with van der Waals surface area (Å²) in [7, 11) is 0. The lowest BCUT2D eigenvalue weighted by molar-refractivity contribution is -0.143. The third-order valence-electron chi connectivity index (χ3n) is 4.27. The number of carbonyl (C=O) groups is 6. The van der Waals surface area contributed by atoms with Crippen LogP contribution >= 0.6 is 0 Å². The van der Waals surface area contributed by atoms with E-state index in [0.717, 1.165) is 0 Å². The highest BCUT2D eigenvalue weighted by Crippen LogP contribution is 2.12. The van der Waals surface area contributed by atoms with Crippen LogP contribution in [0, 0.1) is 0 Å². The van der Waals surface area contributed by atoms with Gasteiger partial charge in [0.25, 0.3) is 0 Å². The van der Waals surface area contributed by atoms with Gasteiger partial charge in [-0.1, -0.05) is 12.1 Å². The fourth-order valence-electron chi connectivity index (χ4n) is 2.69. The smallest absolute Gasteiger partial charge is 0.326 e. The predicted molar refractivity (Wildman–Crippen MR) is 112 cm³/mol. The molecule has 3 atom stereocenters. The Morgan fingerprint density at radius 3 is 1.76 bits per heavy atom. The van der Waals surface area contributed by atoms with Crippen LogP contribution in [-0.2, 0) is 35.2 Å². The first-order valence-corrected chi connectivity index (χ1v) is 9.60. The number of hydrogen-bond donors (Lipinski definition) is 8. The van der Waals surface area contributed by atoms with Gasteiger partial charge in [0.05, 0.1) is 19.4 Å². The van der Waals surface area contributed by atoms with E-state index >= 15 is 0 Å². The third-order valence-corrected chi connectivity index (χ3v) is 4.27. The van der Waals surface area contributed by atoms with E-state index in [-0.39, 0.29) is 12.2 Å². The maximum Gasteiger partial charge on any atom is 0.326 e. The van der Waals surface area contributed by atoms with Crippen molar-refractivity contribution >= 4 is 35.5 Å². The number of amides is 5. The molecule has 0 radical (unpaired) electrons. The molecule has 3 unspecified atom stereocenters. The molecule has 0 heterocycles. The Hall–Kier alpha value is -4.20. The van der Waals surface area contributed by atoms with Crippen LogP contribution in [0.2, 0.25) is 0 Å². The van der Waals surface area contributed by atoms with Crippen LogP contribution in [0.3, 0.4) is 0 Å². The largest absolute Gasteiger partial charge is 0.508 e. The van der Waals surface area contributed by atoms with Crippen LogP contribution in [0.15, 0.2) is 24.3 Å². The number of hydrogen-bond acceptors (Lipinski definition) is 8. The van der Waals surface area contributed by atoms with E-state index in [9.17, 15) is 39.0 Å². The van der Waals surface area contributed by atoms with E-state index < -0.39 is 73.0 Å². The molecule has 0 aliphatic heterocycles. The number of phenolic OH excluding ortho intramolecular Hbond substituents is 1. The molecule has 180 valence electrons. The third kappa shape index (κ3) is 9.65. The van der Waals surface area contributed by atoms with Gasteiger partial charge in [-0.2, -0.15) is 0 Å². The maximum atomic E-state index is 12.8. The zero-order chi connectivity index (χ0) is 25.1. The molecule has 1 aromatic carbocycles. The van der Waals surface area contributed by atoms with E-state index in [1.165, 1.54) is 24.3 Å². The predicted octanol–water partition coefficient (Wildman–Crippen LogP) is -3.82. The van der Waals surface area contributed by atoms with Crippen LogP contribution < -0.4 is 33.2 Å². The molecule has 0 saturated carbocycles. The second kappa shape index (κ2) is 12.6. The summed E-state index contributed by atoms with van der Waals surface area (Å²) in [6, 6.07) is 1.06. The second-order valence-corrected chi connectivity index (χ2v) is 7.00. The first-order chi connectivity index (χ1) is 15.4. The maximum absolute atomic E-state index is 12.8. The molecule has 33 heavy (non-hydrogen) atoms. The first-order valence-electron chi connectivity index (χ1n) is 9.60. The van der Waals surface area contributed by atoms with E-state index in [1.807, 2.05) is 0 Å². The molecule has 0 saturated heterocycles. The van der Waals surface area contributed by atoms with E-state index in [0.29, 0.717) is 5.56 Å². The molecule has 1 rings (SSSR count). The molecule has 0 spiro atoms. The molecule has 5 amide bonds. The monoisotopic (exact) mass is 466 g/mol. The van der Waals surface area contributed by atoms with Crippen LogP contribution in [0.4, 0.5) is 0 Å². The lowest BCUT2D eigenvalue weighted by atomic mass is 10.0. The minimum Gasteiger partial charge on any atom is -0.508 e. The normalized spacial score (nSPS) is 13.1. The van der Waals surface area contributed by atoms with Gasteiger partial charge in [-0.3, -0.25) is 24.0 Å². The van der Waals surface area contributed by atoms with Crippen molar-refractivity contribution in [1.29, 1.82) is 0 Å². The topological polar surface area (TPSA) is 257 Å². The van der Waals surface area contributed by atoms with Crippen LogP contribution in [0.1, 0.15) is 18.4 Å². The molecule has 0 fully saturated rings. The molecule has 0 aliphatic carbocycles. The first kappa shape index (κ1) is 26.8. The van der Waals surface area contributed by atoms with Gasteiger partial charge in [0.2, 0.25) is 29.5 Å². The Labute approximate surface area is 187 Å². The molecule has 0 bridgehead atoms. The average molecular weight is 466 g/mol. The highest BCUT2D eigenvalue weighted by Gasteiger charge is 2.31. The van der Waals surface area contributed by atoms with E-state index in [4.69, 9.17) is 17.2 Å². The number of carbonyl (C=O) groups excluding carboxylic acids is 5. The SMILES string of the molecule is NCC(=O)NC(CC(N)=O)C(=O)NC(Cc1ccc(O)cc1)C(=O)NC(CC(N)=O)C(=O)O. The number of nitrogens with one attached hydrogen (secondary N) is 3. The second-order valence-electron chi connectivity index (χ2n) is 7.00. The van der Waals surface area contributed by atoms with E-state index in [1.54, 1.807) is 0 Å². The molecule has 0 aliphatic rings. The summed E-state index contributed by atoms with van der Waals surface area (Å²) in [5.41, 5.74) is 15.8. The Bertz CT molecular complexity index is 904. The summed E-state index contributed by atoms with van der Waals surface area (Å²) in [5, 5.41) is 25.3. The van der Waals surface area contributed by atoms with Gasteiger partial charge in [0.1, 0.15) is 23.9 Å². The van der Waals surface area contributed by atoms with Crippen LogP contribution in [0.25, 0.3) is 0 Å². The number of aromatic hydroxyl groups is 1. The highest BCUT2D eigenvalue weighted by atomic mass is 16.4. The van der Waals surface area contributed by atoms with Crippen molar-refractivity contribution < 1.29 is 39.0 Å². The van der Waals surface area contributed by atoms with E-state index in [2.05, 4.69) is 16.0 Å². The molecule has 14 nitrogen and oxygen atoms in total. The van der Waals surface area contributed by atoms with Gasteiger partial charge in [0, 0.05) is 6.42 Å². The minimum absolute atomic E-state index is 0.0535. The molecular formula is C19H26N6O8. The summed E-state index contributed by atoms with van der Waals surface area (Å²) in [6.45, 7) is -0.479. The standard InChI is InChI=1S/C19H26N6O8/c20-8-16(29)23-12(6-14(21)27)18(31)24-11(5-9-1-3-10(26)4-2-9)17(30)25-13(19(32)33)7-15(22)28/h1-4,11-13,26H,5-8,20H2,(H2,21,27)(H2,22,28)(H,23,29)(H,24,31)(H,25,30)(H,32,33). The Kier molecular flexibility index (Phi) is 10.3. The summed E-state index contributed by atoms with van der Waals surface area (Å²) >= 11 is 0. The van der Waals surface area contributed by atoms with Gasteiger partial charge in [-0.15, -0.1) is 0 Å². The fraction of sp³-hybridized carbons (Fsp3) is 0.368. The molecule has 0 aromatic heterocycles. The number of benzene rings is 1. The lowest BCUT2D eigenvalue weighted by Crippen LogP contribution is -2.57. The molecular weight excluding hydrogens is 440 g/mol. The van der Waals surface area contributed by atoms with Gasteiger partial charge in [-0.05, 0) is 17.7 Å². The number of carboxylic acid groups (broad SMARTS) is 1. The molecule has 14 heteroatoms. The minimum atomic E-state index is -1.66. The van der Waals surface area contributed by atoms with Crippen LogP contribution in [-0.4, -0.2) is 70.4 Å². The van der Waals surface area contributed by atoms with Gasteiger partial charge in [0.15, 0.2) is 0 Å². The number of aliphatic carboxylic acids is 1. The highest BCUT2D eigenvalue weighted by molar-refractivity contribution is 5.96. The Balaban J connectivity index is 3.14. The summed E-state index contributed by atoms with van der Waals surface area (Å²) < 4.78 is 0. The summed E-state index contributed by atoms with van der Waals surface area (Å²) in [5.74, 6) is -6.18. The Morgan fingerprint density at radius 1 is 0.788 bits per heavy atom. The Morgan fingerprint density at radius 2 is 1.27 bits per heavy atom. The van der Waals surface area contributed by atoms with Crippen molar-refractivity contribution in [2.45, 2.75) is 37.4 Å². The number of rotatable bonds is 13. The van der Waals surface area contributed by atoms with Crippen molar-refractivity contribution in [2.75, 3.05) is 6.54 Å².